The van der Waals surface area contributed by atoms with Gasteiger partial charge in [-0.15, -0.1) is 73.8 Å². The molecule has 0 bridgehead atoms. The summed E-state index contributed by atoms with van der Waals surface area (Å²) in [7, 11) is 0. The summed E-state index contributed by atoms with van der Waals surface area (Å²) in [4.78, 5) is 0. The molecule has 4 unspecified atom stereocenters. The zero-order valence-electron chi connectivity index (χ0n) is 41.5. The molecule has 0 amide bonds. The first kappa shape index (κ1) is 53.1. The summed E-state index contributed by atoms with van der Waals surface area (Å²) in [5, 5.41) is 40.8. The van der Waals surface area contributed by atoms with E-state index in [2.05, 4.69) is 184 Å². The van der Waals surface area contributed by atoms with Crippen LogP contribution in [0.1, 0.15) is 46.7 Å². The molecule has 75 heavy (non-hydrogen) atoms. The summed E-state index contributed by atoms with van der Waals surface area (Å²) in [5.74, 6) is 0. The minimum atomic E-state index is -0.692. The van der Waals surface area contributed by atoms with E-state index in [4.69, 9.17) is 0 Å². The van der Waals surface area contributed by atoms with E-state index in [1.807, 2.05) is 72.8 Å². The Morgan fingerprint density at radius 2 is 0.533 bits per heavy atom. The topological polar surface area (TPSA) is 80.9 Å². The zero-order valence-corrected chi connectivity index (χ0v) is 42.6. The fourth-order valence-electron chi connectivity index (χ4n) is 9.63. The molecule has 0 aliphatic carbocycles. The van der Waals surface area contributed by atoms with Crippen molar-refractivity contribution in [2.75, 3.05) is 0 Å². The first-order valence-electron chi connectivity index (χ1n) is 24.7. The van der Waals surface area contributed by atoms with Crippen LogP contribution in [0.3, 0.4) is 0 Å². The largest absolute Gasteiger partial charge is 2.00 e. The third-order valence-corrected chi connectivity index (χ3v) is 13.6. The molecule has 4 atom stereocenters. The van der Waals surface area contributed by atoms with Gasteiger partial charge in [0.2, 0.25) is 0 Å². The SMILES string of the molecule is C=CC(O)c1ccc(-c2c[c-](-c3ccc(C(O)C=C)cc3)c(-c3ccccc3)c2-c2ccccc2)cc1.C=CC(O)c1ccc(-c2c[c-](-c3ccc(C(O)C=C)cc3)c(-c3ccccc3)c2-c2ccccc2)cc1.[Fe+2]. The molecule has 0 saturated carbocycles. The Bertz CT molecular complexity index is 3000. The summed E-state index contributed by atoms with van der Waals surface area (Å²) in [6.07, 6.45) is 3.36. The molecular weight excluding hydrogens is 961 g/mol. The molecule has 4 N–H and O–H groups in total. The van der Waals surface area contributed by atoms with Crippen molar-refractivity contribution in [3.63, 3.8) is 0 Å². The van der Waals surface area contributed by atoms with E-state index in [0.717, 1.165) is 111 Å². The number of aliphatic hydroxyl groups is 4. The predicted molar refractivity (Wildman–Crippen MR) is 308 cm³/mol. The minimum Gasteiger partial charge on any atom is -0.384 e. The smallest absolute Gasteiger partial charge is 0.384 e. The number of aliphatic hydroxyl groups excluding tert-OH is 4. The van der Waals surface area contributed by atoms with Gasteiger partial charge in [0, 0.05) is 0 Å². The maximum Gasteiger partial charge on any atom is 2.00 e. The van der Waals surface area contributed by atoms with Crippen LogP contribution < -0.4 is 0 Å². The summed E-state index contributed by atoms with van der Waals surface area (Å²) in [5.41, 5.74) is 21.2. The van der Waals surface area contributed by atoms with Gasteiger partial charge in [0.1, 0.15) is 0 Å². The Labute approximate surface area is 451 Å². The van der Waals surface area contributed by atoms with Crippen molar-refractivity contribution in [3.8, 4) is 89.0 Å². The summed E-state index contributed by atoms with van der Waals surface area (Å²) < 4.78 is 0. The maximum absolute atomic E-state index is 10.2. The number of hydrogen-bond acceptors (Lipinski definition) is 4. The molecule has 10 aromatic carbocycles. The molecule has 0 spiro atoms. The number of hydrogen-bond donors (Lipinski definition) is 4. The van der Waals surface area contributed by atoms with Crippen molar-refractivity contribution < 1.29 is 37.5 Å². The standard InChI is InChI=1S/2C35H29O2.Fe/c2*1-3-32(36)26-19-15-24(16-20-26)30-23-31(25-17-21-27(22-18-25)33(37)4-2)35(29-13-9-6-10-14-29)34(30)28-11-7-5-8-12-28;/h2*3-23,32-33,36-37H,1-2H2;/q2*-1;+2. The first-order valence-corrected chi connectivity index (χ1v) is 24.7. The summed E-state index contributed by atoms with van der Waals surface area (Å²) in [6.45, 7) is 14.8. The Morgan fingerprint density at radius 3 is 0.787 bits per heavy atom. The monoisotopic (exact) mass is 1020 g/mol. The fourth-order valence-corrected chi connectivity index (χ4v) is 9.63. The molecular formula is C70H58FeO4. The summed E-state index contributed by atoms with van der Waals surface area (Å²) >= 11 is 0. The van der Waals surface area contributed by atoms with Crippen LogP contribution in [-0.4, -0.2) is 20.4 Å². The molecule has 0 heterocycles. The van der Waals surface area contributed by atoms with E-state index >= 15 is 0 Å². The van der Waals surface area contributed by atoms with Crippen LogP contribution in [0.25, 0.3) is 89.0 Å². The van der Waals surface area contributed by atoms with Crippen LogP contribution in [0.15, 0.2) is 281 Å². The van der Waals surface area contributed by atoms with Crippen LogP contribution in [-0.2, 0) is 17.1 Å². The molecule has 5 heteroatoms. The van der Waals surface area contributed by atoms with Gasteiger partial charge in [0.15, 0.2) is 0 Å². The van der Waals surface area contributed by atoms with Crippen molar-refractivity contribution in [1.29, 1.82) is 0 Å². The molecule has 370 valence electrons. The van der Waals surface area contributed by atoms with E-state index in [1.54, 1.807) is 0 Å². The maximum atomic E-state index is 10.2. The number of rotatable bonds is 16. The predicted octanol–water partition coefficient (Wildman–Crippen LogP) is 17.0. The second-order valence-corrected chi connectivity index (χ2v) is 18.1. The Hall–Kier alpha value is -8.22. The van der Waals surface area contributed by atoms with Gasteiger partial charge in [0.25, 0.3) is 0 Å². The van der Waals surface area contributed by atoms with Gasteiger partial charge in [-0.1, -0.05) is 296 Å². The van der Waals surface area contributed by atoms with Crippen molar-refractivity contribution in [1.82, 2.24) is 0 Å². The molecule has 0 aliphatic heterocycles. The second-order valence-electron chi connectivity index (χ2n) is 18.1. The van der Waals surface area contributed by atoms with Gasteiger partial charge >= 0.3 is 17.1 Å². The van der Waals surface area contributed by atoms with Crippen LogP contribution in [0.2, 0.25) is 0 Å². The van der Waals surface area contributed by atoms with Gasteiger partial charge in [-0.05, 0) is 22.3 Å². The van der Waals surface area contributed by atoms with Crippen LogP contribution in [0, 0.1) is 0 Å². The second kappa shape index (κ2) is 24.7. The van der Waals surface area contributed by atoms with Gasteiger partial charge < -0.3 is 20.4 Å². The van der Waals surface area contributed by atoms with Crippen LogP contribution in [0.4, 0.5) is 0 Å². The van der Waals surface area contributed by atoms with Gasteiger partial charge in [0.05, 0.1) is 24.4 Å². The Morgan fingerprint density at radius 1 is 0.293 bits per heavy atom. The van der Waals surface area contributed by atoms with E-state index in [0.29, 0.717) is 0 Å². The molecule has 0 saturated heterocycles. The van der Waals surface area contributed by atoms with Crippen LogP contribution in [0.5, 0.6) is 0 Å². The normalized spacial score (nSPS) is 12.4. The van der Waals surface area contributed by atoms with E-state index in [9.17, 15) is 20.4 Å². The molecule has 10 rings (SSSR count). The number of benzene rings is 8. The van der Waals surface area contributed by atoms with Crippen molar-refractivity contribution in [2.45, 2.75) is 24.4 Å². The molecule has 0 radical (unpaired) electrons. The van der Waals surface area contributed by atoms with Gasteiger partial charge in [-0.2, -0.15) is 0 Å². The average molecular weight is 1020 g/mol. The van der Waals surface area contributed by atoms with Crippen molar-refractivity contribution in [3.05, 3.63) is 303 Å². The van der Waals surface area contributed by atoms with E-state index < -0.39 is 24.4 Å². The zero-order chi connectivity index (χ0) is 51.6. The van der Waals surface area contributed by atoms with E-state index in [-0.39, 0.29) is 17.1 Å². The van der Waals surface area contributed by atoms with Gasteiger partial charge in [-0.25, -0.2) is 0 Å². The van der Waals surface area contributed by atoms with Crippen molar-refractivity contribution in [2.24, 2.45) is 0 Å². The Kier molecular flexibility index (Phi) is 17.5. The molecule has 0 fully saturated rings. The van der Waals surface area contributed by atoms with E-state index in [1.165, 1.54) is 24.3 Å². The molecule has 0 aliphatic rings. The fraction of sp³-hybridized carbons (Fsp3) is 0.0571. The molecule has 0 aromatic heterocycles. The van der Waals surface area contributed by atoms with Crippen molar-refractivity contribution >= 4 is 0 Å². The molecule has 4 nitrogen and oxygen atoms in total. The third-order valence-electron chi connectivity index (χ3n) is 13.6. The quantitative estimate of drug-likeness (QED) is 0.0442. The third kappa shape index (κ3) is 11.6. The average Bonchev–Trinajstić information content (AvgIpc) is 4.10. The summed E-state index contributed by atoms with van der Waals surface area (Å²) in [6, 6.07) is 78.5. The van der Waals surface area contributed by atoms with Gasteiger partial charge in [-0.3, -0.25) is 0 Å². The minimum absolute atomic E-state index is 0. The Balaban J connectivity index is 0.000000197. The first-order chi connectivity index (χ1) is 36.2. The van der Waals surface area contributed by atoms with Crippen LogP contribution >= 0.6 is 0 Å². The molecule has 10 aromatic rings.